The molecule has 0 spiro atoms. The fourth-order valence-electron chi connectivity index (χ4n) is 0. The molecule has 42 valence electrons. The Morgan fingerprint density at radius 1 is 1.29 bits per heavy atom. The van der Waals surface area contributed by atoms with Gasteiger partial charge in [-0.05, 0) is 13.8 Å². The Labute approximate surface area is 95.5 Å². The number of Topliss-reactive ketones (excluding diaryl/α,β-unsaturated/α-hetero) is 1. The molecule has 0 saturated heterocycles. The quantitative estimate of drug-likeness (QED) is 0.543. The molecule has 0 aliphatic heterocycles. The first kappa shape index (κ1) is 23.0. The average molecular weight is 330 g/mol. The van der Waals surface area contributed by atoms with E-state index in [0.29, 0.717) is 0 Å². The molecule has 0 heterocycles. The molecular formula is C3H9AlLaORh. The van der Waals surface area contributed by atoms with Gasteiger partial charge >= 0.3 is 0 Å². The summed E-state index contributed by atoms with van der Waals surface area (Å²) in [4.78, 5) is 9.44. The van der Waals surface area contributed by atoms with Gasteiger partial charge in [-0.2, -0.15) is 0 Å². The van der Waals surface area contributed by atoms with E-state index in [2.05, 4.69) is 0 Å². The van der Waals surface area contributed by atoms with E-state index in [1.54, 1.807) is 0 Å². The summed E-state index contributed by atoms with van der Waals surface area (Å²) < 4.78 is 0. The van der Waals surface area contributed by atoms with Crippen LogP contribution >= 0.6 is 0 Å². The topological polar surface area (TPSA) is 17.1 Å². The second-order valence-electron chi connectivity index (χ2n) is 0.908. The van der Waals surface area contributed by atoms with Crippen LogP contribution in [0.1, 0.15) is 13.8 Å². The minimum atomic E-state index is 0. The summed E-state index contributed by atoms with van der Waals surface area (Å²) in [6.07, 6.45) is 0. The molecule has 2 radical (unpaired) electrons. The third-order valence-corrected chi connectivity index (χ3v) is 0. The van der Waals surface area contributed by atoms with Gasteiger partial charge in [-0.3, -0.25) is 0 Å². The van der Waals surface area contributed by atoms with Gasteiger partial charge in [-0.15, -0.1) is 0 Å². The zero-order chi connectivity index (χ0) is 3.58. The Bertz CT molecular complexity index is 37.9. The Morgan fingerprint density at radius 3 is 1.29 bits per heavy atom. The molecule has 0 N–H and O–H groups in total. The average Bonchev–Trinajstić information content (AvgIpc) is 0.811. The second-order valence-corrected chi connectivity index (χ2v) is 0.908. The summed E-state index contributed by atoms with van der Waals surface area (Å²) in [5, 5.41) is 0. The summed E-state index contributed by atoms with van der Waals surface area (Å²) in [6.45, 7) is 3.06. The van der Waals surface area contributed by atoms with Gasteiger partial charge in [0, 0.05) is 55.1 Å². The van der Waals surface area contributed by atoms with Crippen LogP contribution in [0.2, 0.25) is 0 Å². The molecule has 0 rings (SSSR count). The number of hydrogen-bond donors (Lipinski definition) is 0. The molecule has 0 aromatic carbocycles. The minimum Gasteiger partial charge on any atom is -0.300 e. The summed E-state index contributed by atoms with van der Waals surface area (Å²) in [6, 6.07) is 0. The van der Waals surface area contributed by atoms with Gasteiger partial charge < -0.3 is 4.79 Å². The minimum absolute atomic E-state index is 0. The molecule has 0 fully saturated rings. The number of hydrogen-bond acceptors (Lipinski definition) is 1. The van der Waals surface area contributed by atoms with E-state index in [1.807, 2.05) is 0 Å². The SMILES string of the molecule is CC(C)=O.[AlH3].[La].[Rh]. The molecule has 4 heteroatoms. The van der Waals surface area contributed by atoms with Crippen molar-refractivity contribution >= 4 is 23.1 Å². The number of carbonyl (C=O) groups is 1. The smallest absolute Gasteiger partial charge is 0.187 e. The van der Waals surface area contributed by atoms with Crippen molar-refractivity contribution in [3.63, 3.8) is 0 Å². The maximum absolute atomic E-state index is 9.44. The van der Waals surface area contributed by atoms with E-state index >= 15 is 0 Å². The normalized spacial score (nSPS) is 3.71. The summed E-state index contributed by atoms with van der Waals surface area (Å²) in [5.41, 5.74) is 0. The first-order valence-electron chi connectivity index (χ1n) is 1.20. The largest absolute Gasteiger partial charge is 0.300 e. The van der Waals surface area contributed by atoms with Crippen molar-refractivity contribution in [2.24, 2.45) is 0 Å². The van der Waals surface area contributed by atoms with Crippen LogP contribution in [0.5, 0.6) is 0 Å². The molecule has 0 atom stereocenters. The van der Waals surface area contributed by atoms with Crippen LogP contribution in [0.25, 0.3) is 0 Å². The van der Waals surface area contributed by atoms with Crippen molar-refractivity contribution in [3.05, 3.63) is 0 Å². The first-order chi connectivity index (χ1) is 1.73. The maximum Gasteiger partial charge on any atom is 0.187 e. The molecule has 7 heavy (non-hydrogen) atoms. The van der Waals surface area contributed by atoms with E-state index in [9.17, 15) is 4.79 Å². The van der Waals surface area contributed by atoms with Crippen molar-refractivity contribution < 1.29 is 59.9 Å². The van der Waals surface area contributed by atoms with Crippen molar-refractivity contribution in [2.75, 3.05) is 0 Å². The van der Waals surface area contributed by atoms with Crippen LogP contribution in [0.4, 0.5) is 0 Å². The molecule has 0 aliphatic carbocycles. The molecular weight excluding hydrogens is 321 g/mol. The van der Waals surface area contributed by atoms with E-state index in [-0.39, 0.29) is 78.2 Å². The molecule has 0 aromatic heterocycles. The van der Waals surface area contributed by atoms with Crippen LogP contribution in [0.15, 0.2) is 0 Å². The van der Waals surface area contributed by atoms with Gasteiger partial charge in [0.2, 0.25) is 0 Å². The fraction of sp³-hybridized carbons (Fsp3) is 0.667. The third-order valence-electron chi connectivity index (χ3n) is 0. The molecule has 0 amide bonds. The molecule has 1 nitrogen and oxygen atoms in total. The standard InChI is InChI=1S/C3H6O.Al.La.Rh.3H/c1-3(2)4;;;;;;/h1-2H3;;;;;;. The number of ketones is 1. The maximum atomic E-state index is 9.44. The van der Waals surface area contributed by atoms with Crippen LogP contribution < -0.4 is 0 Å². The van der Waals surface area contributed by atoms with E-state index in [4.69, 9.17) is 0 Å². The third kappa shape index (κ3) is 71.2. The predicted molar refractivity (Wildman–Crippen MR) is 26.3 cm³/mol. The second kappa shape index (κ2) is 15.7. The van der Waals surface area contributed by atoms with Gasteiger partial charge in [0.1, 0.15) is 5.78 Å². The van der Waals surface area contributed by atoms with Crippen molar-refractivity contribution in [1.82, 2.24) is 0 Å². The van der Waals surface area contributed by atoms with Crippen LogP contribution in [0.3, 0.4) is 0 Å². The van der Waals surface area contributed by atoms with Crippen LogP contribution in [0, 0.1) is 35.6 Å². The molecule has 0 saturated carbocycles. The first-order valence-corrected chi connectivity index (χ1v) is 1.20. The molecule has 0 aliphatic rings. The molecule has 0 unspecified atom stereocenters. The number of carbonyl (C=O) groups excluding carboxylic acids is 1. The van der Waals surface area contributed by atoms with Crippen LogP contribution in [-0.4, -0.2) is 23.1 Å². The van der Waals surface area contributed by atoms with E-state index < -0.39 is 0 Å². The zero-order valence-electron chi connectivity index (χ0n) is 3.82. The fourth-order valence-corrected chi connectivity index (χ4v) is 0. The Hall–Kier alpha value is 2.02. The van der Waals surface area contributed by atoms with Gasteiger partial charge in [0.25, 0.3) is 0 Å². The molecule has 0 aromatic rings. The van der Waals surface area contributed by atoms with Crippen LogP contribution in [-0.2, 0) is 24.3 Å². The number of rotatable bonds is 0. The Balaban J connectivity index is -0.0000000150. The van der Waals surface area contributed by atoms with Gasteiger partial charge in [-0.25, -0.2) is 0 Å². The van der Waals surface area contributed by atoms with E-state index in [0.717, 1.165) is 0 Å². The van der Waals surface area contributed by atoms with Gasteiger partial charge in [0.15, 0.2) is 17.4 Å². The van der Waals surface area contributed by atoms with Crippen molar-refractivity contribution in [1.29, 1.82) is 0 Å². The predicted octanol–water partition coefficient (Wildman–Crippen LogP) is -0.591. The summed E-state index contributed by atoms with van der Waals surface area (Å²) in [7, 11) is 0. The van der Waals surface area contributed by atoms with Crippen molar-refractivity contribution in [3.8, 4) is 0 Å². The van der Waals surface area contributed by atoms with Crippen molar-refractivity contribution in [2.45, 2.75) is 13.8 Å². The summed E-state index contributed by atoms with van der Waals surface area (Å²) >= 11 is 0. The van der Waals surface area contributed by atoms with Gasteiger partial charge in [0.05, 0.1) is 0 Å². The Morgan fingerprint density at radius 2 is 1.29 bits per heavy atom. The van der Waals surface area contributed by atoms with Gasteiger partial charge in [-0.1, -0.05) is 0 Å². The monoisotopic (exact) mass is 330 g/mol. The van der Waals surface area contributed by atoms with E-state index in [1.165, 1.54) is 13.8 Å². The molecule has 0 bridgehead atoms. The Kier molecular flexibility index (Phi) is 51.6. The zero-order valence-corrected chi connectivity index (χ0v) is 9.08. The summed E-state index contributed by atoms with van der Waals surface area (Å²) in [5.74, 6) is 0.167.